The van der Waals surface area contributed by atoms with Crippen LogP contribution < -0.4 is 0 Å². The zero-order valence-corrected chi connectivity index (χ0v) is 13.4. The first-order valence-electron chi connectivity index (χ1n) is 6.58. The quantitative estimate of drug-likeness (QED) is 0.854. The molecule has 114 valence electrons. The lowest BCUT2D eigenvalue weighted by Gasteiger charge is -2.20. The number of rotatable bonds is 5. The molecule has 0 amide bonds. The number of hydrogen-bond donors (Lipinski definition) is 1. The number of pyridine rings is 1. The minimum atomic E-state index is -3.72. The van der Waals surface area contributed by atoms with Gasteiger partial charge in [-0.2, -0.15) is 4.31 Å². The highest BCUT2D eigenvalue weighted by molar-refractivity contribution is 7.89. The van der Waals surface area contributed by atoms with Crippen LogP contribution in [0.4, 0.5) is 0 Å². The molecule has 1 aromatic heterocycles. The average molecular weight is 329 g/mol. The van der Waals surface area contributed by atoms with Gasteiger partial charge in [0.15, 0.2) is 0 Å². The minimum absolute atomic E-state index is 0.0504. The smallest absolute Gasteiger partial charge is 0.245 e. The van der Waals surface area contributed by atoms with Gasteiger partial charge >= 0.3 is 0 Å². The summed E-state index contributed by atoms with van der Waals surface area (Å²) in [6.45, 7) is 3.64. The maximum atomic E-state index is 12.7. The molecular formula is C14H17ClN2O3S. The molecule has 0 atom stereocenters. The summed E-state index contributed by atoms with van der Waals surface area (Å²) in [7, 11) is -3.72. The Balaban J connectivity index is 2.68. The molecule has 2 aromatic rings. The second-order valence-electron chi connectivity index (χ2n) is 4.64. The first-order valence-corrected chi connectivity index (χ1v) is 8.40. The van der Waals surface area contributed by atoms with Crippen molar-refractivity contribution in [3.8, 4) is 0 Å². The molecule has 0 saturated carbocycles. The van der Waals surface area contributed by atoms with Crippen LogP contribution in [0.15, 0.2) is 29.2 Å². The van der Waals surface area contributed by atoms with Crippen LogP contribution in [0.1, 0.15) is 12.5 Å². The van der Waals surface area contributed by atoms with E-state index >= 15 is 0 Å². The van der Waals surface area contributed by atoms with E-state index < -0.39 is 10.0 Å². The van der Waals surface area contributed by atoms with Crippen molar-refractivity contribution in [3.63, 3.8) is 0 Å². The molecule has 0 aliphatic rings. The third-order valence-corrected chi connectivity index (χ3v) is 5.65. The normalized spacial score (nSPS) is 12.2. The van der Waals surface area contributed by atoms with E-state index in [2.05, 4.69) is 4.98 Å². The number of aromatic nitrogens is 1. The average Bonchev–Trinajstić information content (AvgIpc) is 2.45. The third-order valence-electron chi connectivity index (χ3n) is 3.26. The number of halogens is 1. The topological polar surface area (TPSA) is 70.5 Å². The van der Waals surface area contributed by atoms with E-state index in [1.807, 2.05) is 13.0 Å². The SMILES string of the molecule is CCN(CCO)S(=O)(=O)c1cccc2cc(C)c(Cl)nc12. The summed E-state index contributed by atoms with van der Waals surface area (Å²) in [5, 5.41) is 10.0. The van der Waals surface area contributed by atoms with Gasteiger partial charge in [0.1, 0.15) is 10.0 Å². The van der Waals surface area contributed by atoms with Gasteiger partial charge in [0.25, 0.3) is 0 Å². The molecule has 0 aliphatic heterocycles. The zero-order valence-electron chi connectivity index (χ0n) is 11.9. The highest BCUT2D eigenvalue weighted by Gasteiger charge is 2.25. The van der Waals surface area contributed by atoms with Crippen LogP contribution in [-0.4, -0.2) is 42.5 Å². The fourth-order valence-corrected chi connectivity index (χ4v) is 3.90. The summed E-state index contributed by atoms with van der Waals surface area (Å²) in [5.41, 5.74) is 1.14. The minimum Gasteiger partial charge on any atom is -0.395 e. The molecule has 7 heteroatoms. The van der Waals surface area contributed by atoms with E-state index in [-0.39, 0.29) is 29.7 Å². The van der Waals surface area contributed by atoms with Gasteiger partial charge in [-0.25, -0.2) is 13.4 Å². The highest BCUT2D eigenvalue weighted by Crippen LogP contribution is 2.27. The lowest BCUT2D eigenvalue weighted by Crippen LogP contribution is -2.33. The predicted molar refractivity (Wildman–Crippen MR) is 83.0 cm³/mol. The Labute approximate surface area is 129 Å². The molecule has 0 bridgehead atoms. The van der Waals surface area contributed by atoms with Crippen molar-refractivity contribution in [1.82, 2.24) is 9.29 Å². The molecule has 0 unspecified atom stereocenters. The first-order chi connectivity index (χ1) is 9.91. The van der Waals surface area contributed by atoms with Crippen LogP contribution >= 0.6 is 11.6 Å². The van der Waals surface area contributed by atoms with Crippen molar-refractivity contribution < 1.29 is 13.5 Å². The Morgan fingerprint density at radius 2 is 2.10 bits per heavy atom. The summed E-state index contributed by atoms with van der Waals surface area (Å²) in [6.07, 6.45) is 0. The zero-order chi connectivity index (χ0) is 15.6. The predicted octanol–water partition coefficient (Wildman–Crippen LogP) is 2.20. The number of fused-ring (bicyclic) bond motifs is 1. The molecule has 0 fully saturated rings. The van der Waals surface area contributed by atoms with Gasteiger partial charge in [0, 0.05) is 18.5 Å². The number of aryl methyl sites for hydroxylation is 1. The Morgan fingerprint density at radius 1 is 1.38 bits per heavy atom. The van der Waals surface area contributed by atoms with Gasteiger partial charge < -0.3 is 5.11 Å². The molecule has 0 aliphatic carbocycles. The van der Waals surface area contributed by atoms with Crippen molar-refractivity contribution in [2.24, 2.45) is 0 Å². The molecule has 0 spiro atoms. The monoisotopic (exact) mass is 328 g/mol. The van der Waals surface area contributed by atoms with Crippen LogP contribution in [0.2, 0.25) is 5.15 Å². The van der Waals surface area contributed by atoms with Gasteiger partial charge in [-0.05, 0) is 24.6 Å². The Hall–Kier alpha value is -1.21. The van der Waals surface area contributed by atoms with Crippen molar-refractivity contribution in [3.05, 3.63) is 35.0 Å². The number of aliphatic hydroxyl groups is 1. The van der Waals surface area contributed by atoms with Crippen molar-refractivity contribution in [2.45, 2.75) is 18.7 Å². The molecule has 0 radical (unpaired) electrons. The molecule has 1 heterocycles. The van der Waals surface area contributed by atoms with Crippen LogP contribution in [0, 0.1) is 6.92 Å². The fraction of sp³-hybridized carbons (Fsp3) is 0.357. The summed E-state index contributed by atoms with van der Waals surface area (Å²) >= 11 is 6.02. The number of para-hydroxylation sites is 1. The Morgan fingerprint density at radius 3 is 2.71 bits per heavy atom. The first kappa shape index (κ1) is 16.2. The number of aliphatic hydroxyl groups excluding tert-OH is 1. The Kier molecular flexibility index (Phi) is 4.83. The molecule has 21 heavy (non-hydrogen) atoms. The standard InChI is InChI=1S/C14H17ClN2O3S/c1-3-17(7-8-18)21(19,20)12-6-4-5-11-9-10(2)14(15)16-13(11)12/h4-6,9,18H,3,7-8H2,1-2H3. The molecular weight excluding hydrogens is 312 g/mol. The van der Waals surface area contributed by atoms with Gasteiger partial charge in [0.2, 0.25) is 10.0 Å². The van der Waals surface area contributed by atoms with Crippen LogP contribution in [0.5, 0.6) is 0 Å². The van der Waals surface area contributed by atoms with Gasteiger partial charge in [-0.15, -0.1) is 0 Å². The van der Waals surface area contributed by atoms with Crippen LogP contribution in [-0.2, 0) is 10.0 Å². The summed E-state index contributed by atoms with van der Waals surface area (Å²) in [4.78, 5) is 4.32. The fourth-order valence-electron chi connectivity index (χ4n) is 2.16. The second-order valence-corrected chi connectivity index (χ2v) is 6.91. The van der Waals surface area contributed by atoms with Gasteiger partial charge in [-0.1, -0.05) is 30.7 Å². The van der Waals surface area contributed by atoms with E-state index in [0.717, 1.165) is 10.9 Å². The van der Waals surface area contributed by atoms with Crippen LogP contribution in [0.3, 0.4) is 0 Å². The number of benzene rings is 1. The highest BCUT2D eigenvalue weighted by atomic mass is 35.5. The molecule has 1 N–H and O–H groups in total. The Bertz CT molecular complexity index is 762. The largest absolute Gasteiger partial charge is 0.395 e. The summed E-state index contributed by atoms with van der Waals surface area (Å²) in [5.74, 6) is 0. The number of nitrogens with zero attached hydrogens (tertiary/aromatic N) is 2. The lowest BCUT2D eigenvalue weighted by atomic mass is 10.2. The molecule has 2 rings (SSSR count). The molecule has 1 aromatic carbocycles. The third kappa shape index (κ3) is 3.03. The summed E-state index contributed by atoms with van der Waals surface area (Å²) < 4.78 is 26.6. The van der Waals surface area contributed by atoms with Crippen LogP contribution in [0.25, 0.3) is 10.9 Å². The van der Waals surface area contributed by atoms with E-state index in [1.54, 1.807) is 19.1 Å². The number of likely N-dealkylation sites (N-methyl/N-ethyl adjacent to an activating group) is 1. The number of hydrogen-bond acceptors (Lipinski definition) is 4. The van der Waals surface area contributed by atoms with Crippen molar-refractivity contribution in [2.75, 3.05) is 19.7 Å². The van der Waals surface area contributed by atoms with Crippen molar-refractivity contribution in [1.29, 1.82) is 0 Å². The van der Waals surface area contributed by atoms with Crippen molar-refractivity contribution >= 4 is 32.5 Å². The van der Waals surface area contributed by atoms with Gasteiger partial charge in [-0.3, -0.25) is 0 Å². The second kappa shape index (κ2) is 6.27. The van der Waals surface area contributed by atoms with E-state index in [4.69, 9.17) is 16.7 Å². The molecule has 5 nitrogen and oxygen atoms in total. The molecule has 0 saturated heterocycles. The maximum absolute atomic E-state index is 12.7. The number of sulfonamides is 1. The lowest BCUT2D eigenvalue weighted by molar-refractivity contribution is 0.257. The maximum Gasteiger partial charge on any atom is 0.245 e. The summed E-state index contributed by atoms with van der Waals surface area (Å²) in [6, 6.07) is 6.80. The van der Waals surface area contributed by atoms with E-state index in [1.165, 1.54) is 10.4 Å². The van der Waals surface area contributed by atoms with Gasteiger partial charge in [0.05, 0.1) is 12.1 Å². The van der Waals surface area contributed by atoms with E-state index in [0.29, 0.717) is 5.52 Å². The van der Waals surface area contributed by atoms with E-state index in [9.17, 15) is 8.42 Å².